The molecule has 1 aliphatic rings. The minimum absolute atomic E-state index is 0.0195. The van der Waals surface area contributed by atoms with E-state index in [4.69, 9.17) is 9.47 Å². The van der Waals surface area contributed by atoms with Crippen LogP contribution in [-0.4, -0.2) is 40.8 Å². The third kappa shape index (κ3) is 4.82. The predicted octanol–water partition coefficient (Wildman–Crippen LogP) is 3.17. The van der Waals surface area contributed by atoms with Crippen molar-refractivity contribution in [3.05, 3.63) is 53.6 Å². The molecule has 2 aromatic carbocycles. The Balaban J connectivity index is 1.91. The van der Waals surface area contributed by atoms with Crippen molar-refractivity contribution in [1.82, 2.24) is 0 Å². The molecule has 0 spiro atoms. The van der Waals surface area contributed by atoms with Crippen molar-refractivity contribution >= 4 is 27.4 Å². The van der Waals surface area contributed by atoms with Gasteiger partial charge in [0.1, 0.15) is 4.90 Å². The van der Waals surface area contributed by atoms with E-state index in [9.17, 15) is 13.2 Å². The quantitative estimate of drug-likeness (QED) is 0.689. The fourth-order valence-corrected chi connectivity index (χ4v) is 4.26. The summed E-state index contributed by atoms with van der Waals surface area (Å²) in [4.78, 5) is 11.9. The summed E-state index contributed by atoms with van der Waals surface area (Å²) < 4.78 is 38.9. The van der Waals surface area contributed by atoms with Crippen molar-refractivity contribution in [2.75, 3.05) is 30.3 Å². The molecule has 7 nitrogen and oxygen atoms in total. The minimum Gasteiger partial charge on any atom is -0.465 e. The molecule has 1 saturated heterocycles. The van der Waals surface area contributed by atoms with Gasteiger partial charge in [-0.25, -0.2) is 13.2 Å². The van der Waals surface area contributed by atoms with E-state index >= 15 is 0 Å². The van der Waals surface area contributed by atoms with E-state index in [1.54, 1.807) is 18.2 Å². The number of methoxy groups -OCH3 is 1. The first kappa shape index (κ1) is 20.2. The molecule has 0 radical (unpaired) electrons. The Bertz CT molecular complexity index is 936. The number of hydrogen-bond acceptors (Lipinski definition) is 6. The number of rotatable bonds is 7. The summed E-state index contributed by atoms with van der Waals surface area (Å²) in [6, 6.07) is 11.4. The van der Waals surface area contributed by atoms with Gasteiger partial charge in [-0.3, -0.25) is 4.72 Å². The van der Waals surface area contributed by atoms with Crippen molar-refractivity contribution in [3.8, 4) is 0 Å². The molecule has 0 aromatic heterocycles. The van der Waals surface area contributed by atoms with Crippen LogP contribution in [-0.2, 0) is 19.5 Å². The summed E-state index contributed by atoms with van der Waals surface area (Å²) in [6.07, 6.45) is 1.96. The van der Waals surface area contributed by atoms with Gasteiger partial charge >= 0.3 is 5.97 Å². The van der Waals surface area contributed by atoms with Crippen LogP contribution >= 0.6 is 0 Å². The number of esters is 1. The number of carbonyl (C=O) groups is 1. The van der Waals surface area contributed by atoms with Gasteiger partial charge in [-0.2, -0.15) is 0 Å². The molecule has 1 aliphatic heterocycles. The highest BCUT2D eigenvalue weighted by molar-refractivity contribution is 7.92. The number of anilines is 2. The number of nitrogens with one attached hydrogen (secondary N) is 2. The van der Waals surface area contributed by atoms with E-state index in [2.05, 4.69) is 10.0 Å². The number of hydrogen-bond donors (Lipinski definition) is 2. The third-order valence-electron chi connectivity index (χ3n) is 4.54. The Morgan fingerprint density at radius 1 is 1.21 bits per heavy atom. The Kier molecular flexibility index (Phi) is 6.21. The van der Waals surface area contributed by atoms with Crippen LogP contribution in [0.4, 0.5) is 11.4 Å². The number of sulfonamides is 1. The average Bonchev–Trinajstić information content (AvgIpc) is 3.21. The number of ether oxygens (including phenoxy) is 2. The number of carbonyl (C=O) groups excluding carboxylic acids is 1. The zero-order valence-electron chi connectivity index (χ0n) is 15.9. The van der Waals surface area contributed by atoms with Crippen LogP contribution in [0.5, 0.6) is 0 Å². The van der Waals surface area contributed by atoms with Crippen LogP contribution in [0.15, 0.2) is 47.4 Å². The topological polar surface area (TPSA) is 93.7 Å². The second kappa shape index (κ2) is 8.62. The first-order valence-electron chi connectivity index (χ1n) is 9.06. The molecule has 8 heteroatoms. The highest BCUT2D eigenvalue weighted by Crippen LogP contribution is 2.26. The summed E-state index contributed by atoms with van der Waals surface area (Å²) >= 11 is 0. The highest BCUT2D eigenvalue weighted by atomic mass is 32.2. The maximum atomic E-state index is 13.0. The molecule has 0 aliphatic carbocycles. The van der Waals surface area contributed by atoms with Gasteiger partial charge in [0, 0.05) is 18.8 Å². The first-order chi connectivity index (χ1) is 13.4. The molecule has 150 valence electrons. The van der Waals surface area contributed by atoms with Gasteiger partial charge in [0.05, 0.1) is 24.5 Å². The minimum atomic E-state index is -3.93. The van der Waals surface area contributed by atoms with E-state index in [0.29, 0.717) is 24.5 Å². The molecule has 1 unspecified atom stereocenters. The van der Waals surface area contributed by atoms with E-state index in [0.717, 1.165) is 18.4 Å². The molecule has 0 bridgehead atoms. The summed E-state index contributed by atoms with van der Waals surface area (Å²) in [7, 11) is -2.67. The van der Waals surface area contributed by atoms with Crippen molar-refractivity contribution in [3.63, 3.8) is 0 Å². The summed E-state index contributed by atoms with van der Waals surface area (Å²) in [6.45, 7) is 3.13. The van der Waals surface area contributed by atoms with Gasteiger partial charge in [-0.15, -0.1) is 0 Å². The lowest BCUT2D eigenvalue weighted by Crippen LogP contribution is -2.21. The van der Waals surface area contributed by atoms with Crippen LogP contribution in [0.1, 0.15) is 28.8 Å². The van der Waals surface area contributed by atoms with Gasteiger partial charge in [0.15, 0.2) is 0 Å². The van der Waals surface area contributed by atoms with Crippen molar-refractivity contribution in [2.24, 2.45) is 0 Å². The summed E-state index contributed by atoms with van der Waals surface area (Å²) in [5.74, 6) is -0.600. The van der Waals surface area contributed by atoms with Gasteiger partial charge < -0.3 is 14.8 Å². The Hall–Kier alpha value is -2.58. The van der Waals surface area contributed by atoms with E-state index in [1.165, 1.54) is 19.2 Å². The molecule has 1 heterocycles. The molecule has 1 fully saturated rings. The molecule has 28 heavy (non-hydrogen) atoms. The summed E-state index contributed by atoms with van der Waals surface area (Å²) in [5, 5.41) is 3.14. The molecular weight excluding hydrogens is 380 g/mol. The maximum Gasteiger partial charge on any atom is 0.337 e. The number of benzene rings is 2. The smallest absolute Gasteiger partial charge is 0.337 e. The van der Waals surface area contributed by atoms with Crippen LogP contribution in [0.25, 0.3) is 0 Å². The Labute approximate surface area is 165 Å². The third-order valence-corrected chi connectivity index (χ3v) is 5.96. The molecular formula is C20H24N2O5S. The largest absolute Gasteiger partial charge is 0.465 e. The van der Waals surface area contributed by atoms with Crippen LogP contribution < -0.4 is 10.0 Å². The zero-order chi connectivity index (χ0) is 20.1. The van der Waals surface area contributed by atoms with Gasteiger partial charge in [0.2, 0.25) is 0 Å². The van der Waals surface area contributed by atoms with E-state index in [1.807, 2.05) is 19.1 Å². The van der Waals surface area contributed by atoms with Gasteiger partial charge in [-0.05, 0) is 50.1 Å². The van der Waals surface area contributed by atoms with Crippen LogP contribution in [0.2, 0.25) is 0 Å². The van der Waals surface area contributed by atoms with Gasteiger partial charge in [-0.1, -0.05) is 17.7 Å². The zero-order valence-corrected chi connectivity index (χ0v) is 16.7. The van der Waals surface area contributed by atoms with Gasteiger partial charge in [0.25, 0.3) is 10.0 Å². The molecule has 0 saturated carbocycles. The SMILES string of the molecule is COC(=O)c1ccc(NCC2CCCO2)c(S(=O)(=O)Nc2ccc(C)cc2)c1. The second-order valence-electron chi connectivity index (χ2n) is 6.69. The molecule has 2 N–H and O–H groups in total. The Morgan fingerprint density at radius 2 is 1.96 bits per heavy atom. The van der Waals surface area contributed by atoms with Crippen LogP contribution in [0, 0.1) is 6.92 Å². The fourth-order valence-electron chi connectivity index (χ4n) is 3.00. The molecule has 0 amide bonds. The van der Waals surface area contributed by atoms with Crippen LogP contribution in [0.3, 0.4) is 0 Å². The second-order valence-corrected chi connectivity index (χ2v) is 8.34. The standard InChI is InChI=1S/C20H24N2O5S/c1-14-5-8-16(9-6-14)22-28(24,25)19-12-15(20(23)26-2)7-10-18(19)21-13-17-4-3-11-27-17/h5-10,12,17,21-22H,3-4,11,13H2,1-2H3. The molecule has 3 rings (SSSR count). The predicted molar refractivity (Wildman–Crippen MR) is 107 cm³/mol. The fraction of sp³-hybridized carbons (Fsp3) is 0.350. The Morgan fingerprint density at radius 3 is 2.61 bits per heavy atom. The maximum absolute atomic E-state index is 13.0. The lowest BCUT2D eigenvalue weighted by Gasteiger charge is -2.17. The van der Waals surface area contributed by atoms with Crippen molar-refractivity contribution in [2.45, 2.75) is 30.8 Å². The lowest BCUT2D eigenvalue weighted by atomic mass is 10.2. The highest BCUT2D eigenvalue weighted by Gasteiger charge is 2.23. The first-order valence-corrected chi connectivity index (χ1v) is 10.5. The average molecular weight is 404 g/mol. The van der Waals surface area contributed by atoms with Crippen molar-refractivity contribution in [1.29, 1.82) is 0 Å². The van der Waals surface area contributed by atoms with E-state index < -0.39 is 16.0 Å². The molecule has 2 aromatic rings. The normalized spacial score (nSPS) is 16.6. The monoisotopic (exact) mass is 404 g/mol. The molecule has 1 atom stereocenters. The number of aryl methyl sites for hydroxylation is 1. The summed E-state index contributed by atoms with van der Waals surface area (Å²) in [5.41, 5.74) is 2.03. The lowest BCUT2D eigenvalue weighted by molar-refractivity contribution is 0.0600. The van der Waals surface area contributed by atoms with Crippen molar-refractivity contribution < 1.29 is 22.7 Å². The van der Waals surface area contributed by atoms with E-state index in [-0.39, 0.29) is 16.6 Å².